The summed E-state index contributed by atoms with van der Waals surface area (Å²) in [6.45, 7) is 3.73. The Balaban J connectivity index is 2.21. The number of hydrogen-bond donors (Lipinski definition) is 2. The Kier molecular flexibility index (Phi) is 3.87. The van der Waals surface area contributed by atoms with Crippen molar-refractivity contribution in [2.75, 3.05) is 25.2 Å². The molecule has 1 aromatic rings. The van der Waals surface area contributed by atoms with Crippen LogP contribution in [0.4, 0.5) is 5.69 Å². The van der Waals surface area contributed by atoms with Crippen molar-refractivity contribution in [2.24, 2.45) is 5.73 Å². The van der Waals surface area contributed by atoms with Crippen molar-refractivity contribution in [1.29, 1.82) is 5.41 Å². The summed E-state index contributed by atoms with van der Waals surface area (Å²) < 4.78 is 5.18. The Morgan fingerprint density at radius 1 is 1.50 bits per heavy atom. The molecular weight excluding hydrogens is 226 g/mol. The second-order valence-electron chi connectivity index (χ2n) is 4.83. The molecular formula is C14H21N3O. The summed E-state index contributed by atoms with van der Waals surface area (Å²) in [5.74, 6) is 0.125. The van der Waals surface area contributed by atoms with Crippen LogP contribution in [0.2, 0.25) is 0 Å². The second kappa shape index (κ2) is 5.40. The number of hydrogen-bond acceptors (Lipinski definition) is 3. The van der Waals surface area contributed by atoms with Crippen LogP contribution in [-0.2, 0) is 4.74 Å². The summed E-state index contributed by atoms with van der Waals surface area (Å²) in [5.41, 5.74) is 8.71. The zero-order valence-corrected chi connectivity index (χ0v) is 11.1. The highest BCUT2D eigenvalue weighted by Gasteiger charge is 2.29. The van der Waals surface area contributed by atoms with Crippen LogP contribution in [0.5, 0.6) is 0 Å². The third-order valence-electron chi connectivity index (χ3n) is 3.34. The number of nitrogens with one attached hydrogen (secondary N) is 1. The number of rotatable bonds is 6. The number of nitrogen functional groups attached to an aromatic ring is 1. The zero-order chi connectivity index (χ0) is 13.1. The van der Waals surface area contributed by atoms with Crippen LogP contribution in [0, 0.1) is 12.3 Å². The normalized spacial score (nSPS) is 14.6. The lowest BCUT2D eigenvalue weighted by Crippen LogP contribution is -2.30. The van der Waals surface area contributed by atoms with E-state index < -0.39 is 0 Å². The molecule has 0 saturated heterocycles. The molecule has 2 rings (SSSR count). The predicted octanol–water partition coefficient (Wildman–Crippen LogP) is 1.89. The Morgan fingerprint density at radius 3 is 2.72 bits per heavy atom. The quantitative estimate of drug-likeness (QED) is 0.596. The van der Waals surface area contributed by atoms with E-state index in [9.17, 15) is 0 Å². The van der Waals surface area contributed by atoms with Crippen molar-refractivity contribution < 1.29 is 4.74 Å². The number of amidine groups is 1. The molecule has 0 aliphatic heterocycles. The Labute approximate surface area is 108 Å². The molecule has 0 spiro atoms. The lowest BCUT2D eigenvalue weighted by molar-refractivity contribution is 0.205. The number of nitrogens with two attached hydrogens (primary N) is 1. The molecule has 0 amide bonds. The van der Waals surface area contributed by atoms with Gasteiger partial charge in [-0.05, 0) is 43.5 Å². The number of anilines is 1. The van der Waals surface area contributed by atoms with E-state index in [1.54, 1.807) is 7.11 Å². The third-order valence-corrected chi connectivity index (χ3v) is 3.34. The first-order valence-corrected chi connectivity index (χ1v) is 6.34. The van der Waals surface area contributed by atoms with Crippen LogP contribution in [-0.4, -0.2) is 32.1 Å². The van der Waals surface area contributed by atoms with Crippen molar-refractivity contribution >= 4 is 11.5 Å². The number of methoxy groups -OCH3 is 1. The van der Waals surface area contributed by atoms with Crippen LogP contribution >= 0.6 is 0 Å². The van der Waals surface area contributed by atoms with E-state index in [-0.39, 0.29) is 5.84 Å². The topological polar surface area (TPSA) is 62.3 Å². The number of nitrogens with zero attached hydrogens (tertiary/aromatic N) is 1. The molecule has 0 bridgehead atoms. The van der Waals surface area contributed by atoms with Gasteiger partial charge in [0, 0.05) is 30.9 Å². The van der Waals surface area contributed by atoms with Crippen molar-refractivity contribution in [3.63, 3.8) is 0 Å². The van der Waals surface area contributed by atoms with E-state index in [4.69, 9.17) is 15.9 Å². The van der Waals surface area contributed by atoms with Crippen molar-refractivity contribution in [3.8, 4) is 0 Å². The SMILES string of the molecule is COCCN(c1ccc(C(=N)N)cc1C)C1CC1. The summed E-state index contributed by atoms with van der Waals surface area (Å²) >= 11 is 0. The second-order valence-corrected chi connectivity index (χ2v) is 4.83. The average molecular weight is 247 g/mol. The van der Waals surface area contributed by atoms with Gasteiger partial charge in [-0.25, -0.2) is 0 Å². The first kappa shape index (κ1) is 12.9. The fourth-order valence-corrected chi connectivity index (χ4v) is 2.22. The van der Waals surface area contributed by atoms with Gasteiger partial charge < -0.3 is 15.4 Å². The smallest absolute Gasteiger partial charge is 0.122 e. The van der Waals surface area contributed by atoms with Gasteiger partial charge in [0.25, 0.3) is 0 Å². The standard InChI is InChI=1S/C14H21N3O/c1-10-9-11(14(15)16)3-6-13(10)17(7-8-18-2)12-4-5-12/h3,6,9,12H,4-5,7-8H2,1-2H3,(H3,15,16). The van der Waals surface area contributed by atoms with Crippen molar-refractivity contribution in [2.45, 2.75) is 25.8 Å². The van der Waals surface area contributed by atoms with Gasteiger partial charge in [0.2, 0.25) is 0 Å². The molecule has 0 atom stereocenters. The summed E-state index contributed by atoms with van der Waals surface area (Å²) in [6.07, 6.45) is 2.52. The molecule has 0 aromatic heterocycles. The van der Waals surface area contributed by atoms with E-state index in [2.05, 4.69) is 17.9 Å². The fraction of sp³-hybridized carbons (Fsp3) is 0.500. The Bertz CT molecular complexity index is 441. The maximum atomic E-state index is 7.46. The maximum absolute atomic E-state index is 7.46. The first-order chi connectivity index (χ1) is 8.63. The van der Waals surface area contributed by atoms with E-state index in [1.165, 1.54) is 24.1 Å². The highest BCUT2D eigenvalue weighted by Crippen LogP contribution is 2.33. The minimum Gasteiger partial charge on any atom is -0.384 e. The number of aryl methyl sites for hydroxylation is 1. The van der Waals surface area contributed by atoms with Gasteiger partial charge in [-0.1, -0.05) is 0 Å². The lowest BCUT2D eigenvalue weighted by Gasteiger charge is -2.26. The molecule has 3 N–H and O–H groups in total. The molecule has 0 unspecified atom stereocenters. The summed E-state index contributed by atoms with van der Waals surface area (Å²) in [6, 6.07) is 6.63. The van der Waals surface area contributed by atoms with Gasteiger partial charge in [-0.3, -0.25) is 5.41 Å². The summed E-state index contributed by atoms with van der Waals surface area (Å²) in [5, 5.41) is 7.46. The highest BCUT2D eigenvalue weighted by molar-refractivity contribution is 5.95. The first-order valence-electron chi connectivity index (χ1n) is 6.34. The van der Waals surface area contributed by atoms with Gasteiger partial charge in [-0.15, -0.1) is 0 Å². The molecule has 98 valence electrons. The van der Waals surface area contributed by atoms with E-state index >= 15 is 0 Å². The van der Waals surface area contributed by atoms with Gasteiger partial charge >= 0.3 is 0 Å². The molecule has 1 aromatic carbocycles. The summed E-state index contributed by atoms with van der Waals surface area (Å²) in [7, 11) is 1.73. The molecule has 0 radical (unpaired) electrons. The molecule has 4 heteroatoms. The van der Waals surface area contributed by atoms with E-state index in [1.807, 2.05) is 12.1 Å². The van der Waals surface area contributed by atoms with Crippen LogP contribution in [0.3, 0.4) is 0 Å². The van der Waals surface area contributed by atoms with Crippen LogP contribution < -0.4 is 10.6 Å². The van der Waals surface area contributed by atoms with Crippen molar-refractivity contribution in [3.05, 3.63) is 29.3 Å². The molecule has 1 saturated carbocycles. The van der Waals surface area contributed by atoms with Crippen molar-refractivity contribution in [1.82, 2.24) is 0 Å². The average Bonchev–Trinajstić information content (AvgIpc) is 3.15. The van der Waals surface area contributed by atoms with Crippen LogP contribution in [0.25, 0.3) is 0 Å². The van der Waals surface area contributed by atoms with Gasteiger partial charge in [0.15, 0.2) is 0 Å². The minimum atomic E-state index is 0.125. The largest absolute Gasteiger partial charge is 0.384 e. The molecule has 18 heavy (non-hydrogen) atoms. The lowest BCUT2D eigenvalue weighted by atomic mass is 10.1. The fourth-order valence-electron chi connectivity index (χ4n) is 2.22. The van der Waals surface area contributed by atoms with E-state index in [0.29, 0.717) is 6.04 Å². The monoisotopic (exact) mass is 247 g/mol. The number of benzene rings is 1. The third kappa shape index (κ3) is 2.82. The predicted molar refractivity (Wildman–Crippen MR) is 74.4 cm³/mol. The molecule has 0 heterocycles. The molecule has 1 aliphatic rings. The molecule has 4 nitrogen and oxygen atoms in total. The molecule has 1 fully saturated rings. The Morgan fingerprint density at radius 2 is 2.22 bits per heavy atom. The number of ether oxygens (including phenoxy) is 1. The van der Waals surface area contributed by atoms with Gasteiger partial charge in [0.1, 0.15) is 5.84 Å². The van der Waals surface area contributed by atoms with Crippen LogP contribution in [0.1, 0.15) is 24.0 Å². The highest BCUT2D eigenvalue weighted by atomic mass is 16.5. The van der Waals surface area contributed by atoms with Crippen LogP contribution in [0.15, 0.2) is 18.2 Å². The van der Waals surface area contributed by atoms with Gasteiger partial charge in [0.05, 0.1) is 6.61 Å². The van der Waals surface area contributed by atoms with E-state index in [0.717, 1.165) is 18.7 Å². The maximum Gasteiger partial charge on any atom is 0.122 e. The molecule has 1 aliphatic carbocycles. The van der Waals surface area contributed by atoms with Gasteiger partial charge in [-0.2, -0.15) is 0 Å². The Hall–Kier alpha value is -1.55. The summed E-state index contributed by atoms with van der Waals surface area (Å²) in [4.78, 5) is 2.41. The minimum absolute atomic E-state index is 0.125. The zero-order valence-electron chi connectivity index (χ0n) is 11.1.